The zero-order valence-corrected chi connectivity index (χ0v) is 20.0. The van der Waals surface area contributed by atoms with E-state index in [2.05, 4.69) is 35.8 Å². The Balaban J connectivity index is 1.63. The molecule has 7 heteroatoms. The number of nitrogens with one attached hydrogen (secondary N) is 2. The standard InChI is InChI=1S/C26H25ClN2O3S/c1-16(19-6-4-8-21(27)15-19)28-24(18-9-11-22(32-2)12-10-18)20-7-3-5-17(13-20)14-23-25(30)29-26(31)33-23/h3-13,15-16,23-24,28H,14H2,1-2H3,(H,29,30,31). The number of thioether (sulfide) groups is 1. The van der Waals surface area contributed by atoms with Crippen molar-refractivity contribution in [3.63, 3.8) is 0 Å². The van der Waals surface area contributed by atoms with E-state index >= 15 is 0 Å². The molecule has 0 saturated carbocycles. The molecule has 4 rings (SSSR count). The zero-order chi connectivity index (χ0) is 23.4. The monoisotopic (exact) mass is 480 g/mol. The second kappa shape index (κ2) is 10.4. The number of amides is 2. The molecule has 2 amide bonds. The first kappa shape index (κ1) is 23.4. The summed E-state index contributed by atoms with van der Waals surface area (Å²) in [6.45, 7) is 2.11. The summed E-state index contributed by atoms with van der Waals surface area (Å²) in [5, 5.41) is 6.11. The van der Waals surface area contributed by atoms with Gasteiger partial charge in [-0.25, -0.2) is 0 Å². The van der Waals surface area contributed by atoms with Gasteiger partial charge >= 0.3 is 0 Å². The molecule has 3 atom stereocenters. The fourth-order valence-electron chi connectivity index (χ4n) is 3.94. The van der Waals surface area contributed by atoms with Gasteiger partial charge in [0.25, 0.3) is 5.24 Å². The summed E-state index contributed by atoms with van der Waals surface area (Å²) in [5.74, 6) is 0.567. The van der Waals surface area contributed by atoms with Crippen LogP contribution in [0.3, 0.4) is 0 Å². The zero-order valence-electron chi connectivity index (χ0n) is 18.4. The minimum atomic E-state index is -0.398. The predicted molar refractivity (Wildman–Crippen MR) is 133 cm³/mol. The number of hydrogen-bond acceptors (Lipinski definition) is 5. The van der Waals surface area contributed by atoms with E-state index in [4.69, 9.17) is 16.3 Å². The number of rotatable bonds is 8. The van der Waals surface area contributed by atoms with Crippen molar-refractivity contribution in [2.24, 2.45) is 0 Å². The van der Waals surface area contributed by atoms with Crippen molar-refractivity contribution in [1.82, 2.24) is 10.6 Å². The van der Waals surface area contributed by atoms with Crippen LogP contribution in [0, 0.1) is 0 Å². The highest BCUT2D eigenvalue weighted by molar-refractivity contribution is 8.15. The lowest BCUT2D eigenvalue weighted by atomic mass is 9.94. The molecule has 1 saturated heterocycles. The molecule has 0 aliphatic carbocycles. The summed E-state index contributed by atoms with van der Waals surface area (Å²) in [4.78, 5) is 23.6. The van der Waals surface area contributed by atoms with Gasteiger partial charge in [0.15, 0.2) is 0 Å². The Morgan fingerprint density at radius 1 is 1.00 bits per heavy atom. The van der Waals surface area contributed by atoms with Gasteiger partial charge < -0.3 is 4.74 Å². The first-order valence-electron chi connectivity index (χ1n) is 10.7. The molecule has 1 fully saturated rings. The molecule has 2 N–H and O–H groups in total. The second-order valence-corrected chi connectivity index (χ2v) is 9.59. The fourth-order valence-corrected chi connectivity index (χ4v) is 5.00. The average Bonchev–Trinajstić information content (AvgIpc) is 3.14. The summed E-state index contributed by atoms with van der Waals surface area (Å²) in [5.41, 5.74) is 4.26. The van der Waals surface area contributed by atoms with Crippen LogP contribution in [-0.2, 0) is 11.2 Å². The number of methoxy groups -OCH3 is 1. The third-order valence-electron chi connectivity index (χ3n) is 5.69. The maximum Gasteiger partial charge on any atom is 0.286 e. The van der Waals surface area contributed by atoms with Gasteiger partial charge in [-0.1, -0.05) is 71.9 Å². The van der Waals surface area contributed by atoms with Crippen molar-refractivity contribution in [2.45, 2.75) is 30.7 Å². The molecular formula is C26H25ClN2O3S. The number of benzene rings is 3. The topological polar surface area (TPSA) is 67.4 Å². The van der Waals surface area contributed by atoms with Crippen LogP contribution in [0.25, 0.3) is 0 Å². The fraction of sp³-hybridized carbons (Fsp3) is 0.231. The van der Waals surface area contributed by atoms with Gasteiger partial charge in [0.05, 0.1) is 18.4 Å². The van der Waals surface area contributed by atoms with E-state index in [1.807, 2.05) is 54.6 Å². The Bertz CT molecular complexity index is 1150. The molecule has 170 valence electrons. The van der Waals surface area contributed by atoms with Crippen LogP contribution in [0.4, 0.5) is 4.79 Å². The number of imide groups is 1. The first-order chi connectivity index (χ1) is 15.9. The molecule has 33 heavy (non-hydrogen) atoms. The largest absolute Gasteiger partial charge is 0.497 e. The number of ether oxygens (including phenoxy) is 1. The first-order valence-corrected chi connectivity index (χ1v) is 11.9. The minimum Gasteiger partial charge on any atom is -0.497 e. The minimum absolute atomic E-state index is 0.0354. The summed E-state index contributed by atoms with van der Waals surface area (Å²) >= 11 is 7.27. The van der Waals surface area contributed by atoms with Gasteiger partial charge in [0, 0.05) is 11.1 Å². The molecule has 1 aliphatic rings. The van der Waals surface area contributed by atoms with Gasteiger partial charge in [-0.2, -0.15) is 0 Å². The predicted octanol–water partition coefficient (Wildman–Crippen LogP) is 5.68. The lowest BCUT2D eigenvalue weighted by Gasteiger charge is -2.25. The quantitative estimate of drug-likeness (QED) is 0.434. The van der Waals surface area contributed by atoms with E-state index in [0.29, 0.717) is 11.4 Å². The highest BCUT2D eigenvalue weighted by Gasteiger charge is 2.31. The lowest BCUT2D eigenvalue weighted by molar-refractivity contribution is -0.118. The molecule has 3 unspecified atom stereocenters. The van der Waals surface area contributed by atoms with Gasteiger partial charge in [-0.3, -0.25) is 20.2 Å². The van der Waals surface area contributed by atoms with E-state index in [1.54, 1.807) is 7.11 Å². The smallest absolute Gasteiger partial charge is 0.286 e. The van der Waals surface area contributed by atoms with Crippen molar-refractivity contribution in [3.8, 4) is 5.75 Å². The van der Waals surface area contributed by atoms with Crippen molar-refractivity contribution in [1.29, 1.82) is 0 Å². The Labute approximate surface area is 202 Å². The van der Waals surface area contributed by atoms with Crippen LogP contribution < -0.4 is 15.4 Å². The molecule has 0 radical (unpaired) electrons. The van der Waals surface area contributed by atoms with Crippen LogP contribution in [0.15, 0.2) is 72.8 Å². The van der Waals surface area contributed by atoms with Gasteiger partial charge in [0.1, 0.15) is 5.75 Å². The highest BCUT2D eigenvalue weighted by Crippen LogP contribution is 2.30. The van der Waals surface area contributed by atoms with Gasteiger partial charge in [-0.05, 0) is 59.9 Å². The second-order valence-electron chi connectivity index (χ2n) is 7.98. The van der Waals surface area contributed by atoms with E-state index in [0.717, 1.165) is 39.8 Å². The van der Waals surface area contributed by atoms with Gasteiger partial charge in [-0.15, -0.1) is 0 Å². The molecule has 3 aromatic carbocycles. The molecule has 0 spiro atoms. The van der Waals surface area contributed by atoms with Crippen LogP contribution >= 0.6 is 23.4 Å². The molecule has 1 heterocycles. The van der Waals surface area contributed by atoms with E-state index in [1.165, 1.54) is 0 Å². The number of carbonyl (C=O) groups excluding carboxylic acids is 2. The number of carbonyl (C=O) groups is 2. The maximum atomic E-state index is 12.0. The molecule has 0 aromatic heterocycles. The van der Waals surface area contributed by atoms with Gasteiger partial charge in [0.2, 0.25) is 5.91 Å². The maximum absolute atomic E-state index is 12.0. The van der Waals surface area contributed by atoms with E-state index < -0.39 is 5.25 Å². The molecule has 0 bridgehead atoms. The summed E-state index contributed by atoms with van der Waals surface area (Å²) < 4.78 is 5.33. The summed E-state index contributed by atoms with van der Waals surface area (Å²) in [6, 6.07) is 23.9. The van der Waals surface area contributed by atoms with Crippen LogP contribution in [0.1, 0.15) is 41.3 Å². The Kier molecular flexibility index (Phi) is 7.38. The summed E-state index contributed by atoms with van der Waals surface area (Å²) in [7, 11) is 1.65. The number of hydrogen-bond donors (Lipinski definition) is 2. The van der Waals surface area contributed by atoms with Crippen molar-refractivity contribution in [3.05, 3.63) is 100 Å². The SMILES string of the molecule is COc1ccc(C(NC(C)c2cccc(Cl)c2)c2cccc(CC3SC(=O)NC3=O)c2)cc1. The number of halogens is 1. The van der Waals surface area contributed by atoms with Crippen LogP contribution in [0.5, 0.6) is 5.75 Å². The van der Waals surface area contributed by atoms with Crippen LogP contribution in [0.2, 0.25) is 5.02 Å². The lowest BCUT2D eigenvalue weighted by Crippen LogP contribution is -2.26. The Morgan fingerprint density at radius 3 is 2.39 bits per heavy atom. The third kappa shape index (κ3) is 5.77. The Hall–Kier alpha value is -2.80. The van der Waals surface area contributed by atoms with E-state index in [9.17, 15) is 9.59 Å². The molecule has 3 aromatic rings. The highest BCUT2D eigenvalue weighted by atomic mass is 35.5. The van der Waals surface area contributed by atoms with E-state index in [-0.39, 0.29) is 23.2 Å². The Morgan fingerprint density at radius 2 is 1.73 bits per heavy atom. The average molecular weight is 481 g/mol. The third-order valence-corrected chi connectivity index (χ3v) is 6.90. The molecule has 5 nitrogen and oxygen atoms in total. The van der Waals surface area contributed by atoms with Crippen molar-refractivity contribution >= 4 is 34.5 Å². The van der Waals surface area contributed by atoms with Crippen LogP contribution in [-0.4, -0.2) is 23.5 Å². The molecular weight excluding hydrogens is 456 g/mol. The molecule has 1 aliphatic heterocycles. The summed E-state index contributed by atoms with van der Waals surface area (Å²) in [6.07, 6.45) is 0.495. The normalized spacial score (nSPS) is 17.5. The van der Waals surface area contributed by atoms with Crippen molar-refractivity contribution < 1.29 is 14.3 Å². The van der Waals surface area contributed by atoms with Crippen molar-refractivity contribution in [2.75, 3.05) is 7.11 Å².